The number of methoxy groups -OCH3 is 1. The molecule has 1 unspecified atom stereocenters. The number of anilines is 2. The van der Waals surface area contributed by atoms with Crippen LogP contribution in [0, 0.1) is 6.92 Å². The maximum Gasteiger partial charge on any atom is 0.394 e. The van der Waals surface area contributed by atoms with Crippen molar-refractivity contribution in [3.8, 4) is 5.75 Å². The third-order valence-electron chi connectivity index (χ3n) is 4.29. The second kappa shape index (κ2) is 8.62. The van der Waals surface area contributed by atoms with E-state index in [1.165, 1.54) is 24.1 Å². The van der Waals surface area contributed by atoms with Crippen LogP contribution in [-0.2, 0) is 9.53 Å². The van der Waals surface area contributed by atoms with E-state index >= 15 is 0 Å². The highest BCUT2D eigenvalue weighted by molar-refractivity contribution is 6.08. The van der Waals surface area contributed by atoms with E-state index in [9.17, 15) is 18.4 Å². The van der Waals surface area contributed by atoms with E-state index in [0.717, 1.165) is 5.56 Å². The van der Waals surface area contributed by atoms with Gasteiger partial charge in [-0.2, -0.15) is 8.78 Å². The summed E-state index contributed by atoms with van der Waals surface area (Å²) in [5, 5.41) is 5.50. The van der Waals surface area contributed by atoms with Gasteiger partial charge in [-0.1, -0.05) is 12.1 Å². The second-order valence-corrected chi connectivity index (χ2v) is 6.95. The molecule has 1 aromatic heterocycles. The smallest absolute Gasteiger partial charge is 0.394 e. The lowest BCUT2D eigenvalue weighted by Crippen LogP contribution is -2.49. The monoisotopic (exact) mass is 420 g/mol. The Morgan fingerprint density at radius 1 is 1.37 bits per heavy atom. The molecule has 0 bridgehead atoms. The summed E-state index contributed by atoms with van der Waals surface area (Å²) in [6, 6.07) is 6.49. The summed E-state index contributed by atoms with van der Waals surface area (Å²) in [6.07, 6.45) is -1.69. The molecule has 1 aliphatic rings. The number of hydrogen-bond acceptors (Lipinski definition) is 5. The van der Waals surface area contributed by atoms with Crippen molar-refractivity contribution in [1.29, 1.82) is 0 Å². The number of halogens is 2. The normalized spacial score (nSPS) is 14.6. The van der Waals surface area contributed by atoms with Gasteiger partial charge in [0.2, 0.25) is 5.91 Å². The summed E-state index contributed by atoms with van der Waals surface area (Å²) >= 11 is 0. The Morgan fingerprint density at radius 2 is 2.07 bits per heavy atom. The number of urea groups is 1. The molecule has 0 spiro atoms. The first-order valence-corrected chi connectivity index (χ1v) is 9.16. The van der Waals surface area contributed by atoms with Crippen molar-refractivity contribution in [2.45, 2.75) is 26.0 Å². The Bertz CT molecular complexity index is 931. The predicted octanol–water partition coefficient (Wildman–Crippen LogP) is 3.24. The number of rotatable bonds is 6. The fourth-order valence-corrected chi connectivity index (χ4v) is 3.04. The van der Waals surface area contributed by atoms with Gasteiger partial charge in [-0.3, -0.25) is 9.69 Å². The van der Waals surface area contributed by atoms with Crippen LogP contribution in [0.2, 0.25) is 0 Å². The number of nitrogens with zero attached hydrogens (tertiary/aromatic N) is 2. The molecular weight excluding hydrogens is 398 g/mol. The third kappa shape index (κ3) is 5.20. The molecule has 1 atom stereocenters. The van der Waals surface area contributed by atoms with Crippen LogP contribution in [0.3, 0.4) is 0 Å². The zero-order valence-corrected chi connectivity index (χ0v) is 16.7. The average molecular weight is 420 g/mol. The second-order valence-electron chi connectivity index (χ2n) is 6.95. The molecule has 8 nitrogen and oxygen atoms in total. The number of aryl methyl sites for hydroxylation is 1. The number of amides is 3. The summed E-state index contributed by atoms with van der Waals surface area (Å²) in [5.41, 5.74) is 1.91. The van der Waals surface area contributed by atoms with Crippen LogP contribution < -0.4 is 20.3 Å². The number of carbonyl (C=O) groups is 2. The zero-order valence-electron chi connectivity index (χ0n) is 16.7. The first-order chi connectivity index (χ1) is 14.2. The first kappa shape index (κ1) is 21.4. The minimum Gasteiger partial charge on any atom is -0.433 e. The maximum absolute atomic E-state index is 13.0. The molecule has 0 radical (unpaired) electrons. The van der Waals surface area contributed by atoms with Crippen molar-refractivity contribution in [1.82, 2.24) is 10.3 Å². The molecule has 0 saturated carbocycles. The van der Waals surface area contributed by atoms with Gasteiger partial charge in [-0.25, -0.2) is 9.78 Å². The van der Waals surface area contributed by atoms with Crippen LogP contribution in [0.4, 0.5) is 25.1 Å². The van der Waals surface area contributed by atoms with Crippen LogP contribution in [0.1, 0.15) is 24.1 Å². The van der Waals surface area contributed by atoms with Crippen molar-refractivity contribution in [2.24, 2.45) is 0 Å². The highest BCUT2D eigenvalue weighted by atomic mass is 19.3. The molecule has 2 N–H and O–H groups in total. The fourth-order valence-electron chi connectivity index (χ4n) is 3.04. The van der Waals surface area contributed by atoms with E-state index in [1.807, 2.05) is 6.92 Å². The van der Waals surface area contributed by atoms with Gasteiger partial charge in [-0.15, -0.1) is 0 Å². The van der Waals surface area contributed by atoms with E-state index in [2.05, 4.69) is 20.4 Å². The maximum atomic E-state index is 13.0. The van der Waals surface area contributed by atoms with E-state index in [1.54, 1.807) is 24.4 Å². The predicted molar refractivity (Wildman–Crippen MR) is 106 cm³/mol. The molecular formula is C20H22F2N4O4. The quantitative estimate of drug-likeness (QED) is 0.749. The molecule has 1 aromatic carbocycles. The van der Waals surface area contributed by atoms with E-state index < -0.39 is 18.2 Å². The van der Waals surface area contributed by atoms with Crippen molar-refractivity contribution < 1.29 is 27.8 Å². The highest BCUT2D eigenvalue weighted by Crippen LogP contribution is 2.28. The molecule has 2 aromatic rings. The van der Waals surface area contributed by atoms with Crippen LogP contribution in [-0.4, -0.2) is 43.3 Å². The number of nitrogens with one attached hydrogen (secondary N) is 2. The van der Waals surface area contributed by atoms with Crippen LogP contribution in [0.25, 0.3) is 0 Å². The largest absolute Gasteiger partial charge is 0.433 e. The van der Waals surface area contributed by atoms with Crippen LogP contribution >= 0.6 is 0 Å². The van der Waals surface area contributed by atoms with E-state index in [0.29, 0.717) is 24.0 Å². The Balaban J connectivity index is 1.78. The summed E-state index contributed by atoms with van der Waals surface area (Å²) in [5.74, 6) is -0.00642. The number of hydrogen-bond donors (Lipinski definition) is 2. The van der Waals surface area contributed by atoms with Gasteiger partial charge >= 0.3 is 12.1 Å². The molecule has 2 heterocycles. The van der Waals surface area contributed by atoms with Crippen LogP contribution in [0.5, 0.6) is 5.75 Å². The van der Waals surface area contributed by atoms with Crippen molar-refractivity contribution >= 4 is 23.4 Å². The zero-order chi connectivity index (χ0) is 21.9. The topological polar surface area (TPSA) is 92.8 Å². The molecule has 0 fully saturated rings. The number of alkyl halides is 2. The molecule has 0 aliphatic carbocycles. The minimum atomic E-state index is -3.30. The molecule has 10 heteroatoms. The third-order valence-corrected chi connectivity index (χ3v) is 4.29. The van der Waals surface area contributed by atoms with Crippen LogP contribution in [0.15, 0.2) is 36.5 Å². The summed E-state index contributed by atoms with van der Waals surface area (Å²) < 4.78 is 35.7. The number of pyridine rings is 1. The van der Waals surface area contributed by atoms with Gasteiger partial charge in [0.05, 0.1) is 18.3 Å². The Morgan fingerprint density at radius 3 is 2.70 bits per heavy atom. The van der Waals surface area contributed by atoms with E-state index in [-0.39, 0.29) is 24.8 Å². The molecule has 30 heavy (non-hydrogen) atoms. The van der Waals surface area contributed by atoms with Gasteiger partial charge in [0.25, 0.3) is 0 Å². The van der Waals surface area contributed by atoms with Crippen molar-refractivity contribution in [2.75, 3.05) is 30.5 Å². The van der Waals surface area contributed by atoms with E-state index in [4.69, 9.17) is 4.74 Å². The lowest BCUT2D eigenvalue weighted by molar-refractivity contribution is -0.158. The Kier molecular flexibility index (Phi) is 6.16. The van der Waals surface area contributed by atoms with Crippen molar-refractivity contribution in [3.05, 3.63) is 47.7 Å². The average Bonchev–Trinajstić information content (AvgIpc) is 2.66. The standard InChI is InChI=1S/C20H22F2N4O4/c1-12-8-15-18(23-9-12)26(10-17(27)24-15)19(28)25-16(11-29-3)13-4-6-14(7-5-13)30-20(2,21)22/h4-9,16H,10-11H2,1-3H3,(H,24,27)(H,25,28). The van der Waals surface area contributed by atoms with Gasteiger partial charge in [0.15, 0.2) is 5.82 Å². The number of ether oxygens (including phenoxy) is 2. The molecule has 160 valence electrons. The summed E-state index contributed by atoms with van der Waals surface area (Å²) in [7, 11) is 1.47. The number of benzene rings is 1. The summed E-state index contributed by atoms with van der Waals surface area (Å²) in [6.45, 7) is 2.42. The molecule has 3 amide bonds. The first-order valence-electron chi connectivity index (χ1n) is 9.16. The van der Waals surface area contributed by atoms with Gasteiger partial charge in [0, 0.05) is 20.2 Å². The SMILES string of the molecule is COCC(NC(=O)N1CC(=O)Nc2cc(C)cnc21)c1ccc(OC(C)(F)F)cc1. The Labute approximate surface area is 172 Å². The molecule has 3 rings (SSSR count). The summed E-state index contributed by atoms with van der Waals surface area (Å²) in [4.78, 5) is 30.4. The lowest BCUT2D eigenvalue weighted by atomic mass is 10.1. The number of fused-ring (bicyclic) bond motifs is 1. The van der Waals surface area contributed by atoms with Gasteiger partial charge < -0.3 is 20.1 Å². The molecule has 1 aliphatic heterocycles. The minimum absolute atomic E-state index is 0.00468. The fraction of sp³-hybridized carbons (Fsp3) is 0.350. The van der Waals surface area contributed by atoms with Gasteiger partial charge in [0.1, 0.15) is 12.3 Å². The molecule has 0 saturated heterocycles. The highest BCUT2D eigenvalue weighted by Gasteiger charge is 2.30. The number of carbonyl (C=O) groups excluding carboxylic acids is 2. The number of aromatic nitrogens is 1. The Hall–Kier alpha value is -3.27. The van der Waals surface area contributed by atoms with Gasteiger partial charge in [-0.05, 0) is 36.2 Å². The lowest BCUT2D eigenvalue weighted by Gasteiger charge is -2.30. The van der Waals surface area contributed by atoms with Crippen molar-refractivity contribution in [3.63, 3.8) is 0 Å².